The van der Waals surface area contributed by atoms with Crippen LogP contribution in [0.2, 0.25) is 0 Å². The molecule has 3 nitrogen and oxygen atoms in total. The number of hydrogen-bond donors (Lipinski definition) is 0. The Morgan fingerprint density at radius 2 is 1.64 bits per heavy atom. The van der Waals surface area contributed by atoms with Crippen molar-refractivity contribution in [1.29, 1.82) is 0 Å². The molecule has 0 aromatic heterocycles. The molecule has 1 saturated heterocycles. The molecule has 0 unspecified atom stereocenters. The molecule has 0 radical (unpaired) electrons. The highest BCUT2D eigenvalue weighted by Crippen LogP contribution is 2.10. The summed E-state index contributed by atoms with van der Waals surface area (Å²) in [6, 6.07) is 0.893. The minimum absolute atomic E-state index is 0.308. The van der Waals surface area contributed by atoms with Gasteiger partial charge in [0.15, 0.2) is 0 Å². The fraction of sp³-hybridized carbons (Fsp3) is 0.909. The summed E-state index contributed by atoms with van der Waals surface area (Å²) in [5.74, 6) is 0.308. The van der Waals surface area contributed by atoms with Crippen LogP contribution in [0.1, 0.15) is 34.1 Å². The molecule has 1 amide bonds. The van der Waals surface area contributed by atoms with E-state index in [-0.39, 0.29) is 0 Å². The molecule has 0 aliphatic carbocycles. The van der Waals surface area contributed by atoms with Crippen LogP contribution < -0.4 is 0 Å². The van der Waals surface area contributed by atoms with Crippen LogP contribution in [-0.2, 0) is 4.79 Å². The monoisotopic (exact) mass is 198 g/mol. The maximum Gasteiger partial charge on any atom is 0.224 e. The minimum Gasteiger partial charge on any atom is -0.339 e. The molecule has 1 aliphatic rings. The molecule has 1 fully saturated rings. The van der Waals surface area contributed by atoms with Gasteiger partial charge < -0.3 is 4.90 Å². The average molecular weight is 198 g/mol. The topological polar surface area (TPSA) is 23.6 Å². The molecule has 1 rings (SSSR count). The van der Waals surface area contributed by atoms with E-state index >= 15 is 0 Å². The van der Waals surface area contributed by atoms with E-state index in [1.807, 2.05) is 4.90 Å². The largest absolute Gasteiger partial charge is 0.339 e. The fourth-order valence-corrected chi connectivity index (χ4v) is 1.92. The molecule has 3 heteroatoms. The lowest BCUT2D eigenvalue weighted by molar-refractivity contribution is -0.131. The lowest BCUT2D eigenvalue weighted by Crippen LogP contribution is -2.39. The van der Waals surface area contributed by atoms with Gasteiger partial charge in [0.2, 0.25) is 5.91 Å². The zero-order valence-electron chi connectivity index (χ0n) is 9.79. The van der Waals surface area contributed by atoms with Crippen LogP contribution >= 0.6 is 0 Å². The Morgan fingerprint density at radius 1 is 1.00 bits per heavy atom. The summed E-state index contributed by atoms with van der Waals surface area (Å²) < 4.78 is 0. The summed E-state index contributed by atoms with van der Waals surface area (Å²) in [4.78, 5) is 16.1. The number of amides is 1. The summed E-state index contributed by atoms with van der Waals surface area (Å²) in [6.07, 6.45) is 0.677. The number of hydrogen-bond acceptors (Lipinski definition) is 2. The third-order valence-electron chi connectivity index (χ3n) is 2.91. The van der Waals surface area contributed by atoms with E-state index in [9.17, 15) is 4.79 Å². The first-order chi connectivity index (χ1) is 6.52. The third-order valence-corrected chi connectivity index (χ3v) is 2.91. The standard InChI is InChI=1S/C11H22N2O/c1-9(2)12-6-5-11(14)13(8-7-12)10(3)4/h9-10H,5-8H2,1-4H3. The molecule has 1 heterocycles. The van der Waals surface area contributed by atoms with Crippen LogP contribution in [-0.4, -0.2) is 47.4 Å². The Kier molecular flexibility index (Phi) is 3.93. The number of carbonyl (C=O) groups excluding carboxylic acids is 1. The predicted molar refractivity (Wildman–Crippen MR) is 58.2 cm³/mol. The van der Waals surface area contributed by atoms with Crippen molar-refractivity contribution in [2.75, 3.05) is 19.6 Å². The maximum absolute atomic E-state index is 11.7. The Hall–Kier alpha value is -0.570. The van der Waals surface area contributed by atoms with Crippen LogP contribution in [0.25, 0.3) is 0 Å². The molecule has 0 atom stereocenters. The zero-order valence-corrected chi connectivity index (χ0v) is 9.79. The first-order valence-corrected chi connectivity index (χ1v) is 5.56. The van der Waals surface area contributed by atoms with Gasteiger partial charge in [0.05, 0.1) is 0 Å². The third kappa shape index (κ3) is 2.71. The van der Waals surface area contributed by atoms with Crippen LogP contribution in [0.3, 0.4) is 0 Å². The van der Waals surface area contributed by atoms with Gasteiger partial charge in [-0.25, -0.2) is 0 Å². The van der Waals surface area contributed by atoms with Gasteiger partial charge in [-0.1, -0.05) is 0 Å². The summed E-state index contributed by atoms with van der Waals surface area (Å²) >= 11 is 0. The molecule has 0 N–H and O–H groups in total. The van der Waals surface area contributed by atoms with E-state index in [0.717, 1.165) is 19.6 Å². The second kappa shape index (κ2) is 4.78. The molecule has 14 heavy (non-hydrogen) atoms. The second-order valence-corrected chi connectivity index (χ2v) is 4.56. The van der Waals surface area contributed by atoms with E-state index in [1.54, 1.807) is 0 Å². The second-order valence-electron chi connectivity index (χ2n) is 4.56. The first kappa shape index (κ1) is 11.5. The smallest absolute Gasteiger partial charge is 0.224 e. The van der Waals surface area contributed by atoms with E-state index < -0.39 is 0 Å². The van der Waals surface area contributed by atoms with Crippen LogP contribution in [0.15, 0.2) is 0 Å². The lowest BCUT2D eigenvalue weighted by Gasteiger charge is -2.26. The molecule has 0 saturated carbocycles. The van der Waals surface area contributed by atoms with E-state index in [0.29, 0.717) is 24.4 Å². The van der Waals surface area contributed by atoms with Gasteiger partial charge in [-0.05, 0) is 27.7 Å². The van der Waals surface area contributed by atoms with Gasteiger partial charge in [0, 0.05) is 38.1 Å². The molecular weight excluding hydrogens is 176 g/mol. The number of nitrogens with zero attached hydrogens (tertiary/aromatic N) is 2. The highest BCUT2D eigenvalue weighted by Gasteiger charge is 2.23. The van der Waals surface area contributed by atoms with Crippen molar-refractivity contribution in [3.05, 3.63) is 0 Å². The highest BCUT2D eigenvalue weighted by atomic mass is 16.2. The van der Waals surface area contributed by atoms with Crippen LogP contribution in [0.4, 0.5) is 0 Å². The van der Waals surface area contributed by atoms with Crippen molar-refractivity contribution < 1.29 is 4.79 Å². The highest BCUT2D eigenvalue weighted by molar-refractivity contribution is 5.76. The molecule has 0 spiro atoms. The van der Waals surface area contributed by atoms with Crippen molar-refractivity contribution >= 4 is 5.91 Å². The summed E-state index contributed by atoms with van der Waals surface area (Å²) in [7, 11) is 0. The molecule has 82 valence electrons. The Morgan fingerprint density at radius 3 is 2.14 bits per heavy atom. The van der Waals surface area contributed by atoms with Crippen molar-refractivity contribution in [2.45, 2.75) is 46.2 Å². The minimum atomic E-state index is 0.308. The van der Waals surface area contributed by atoms with Crippen molar-refractivity contribution in [3.63, 3.8) is 0 Å². The molecular formula is C11H22N2O. The van der Waals surface area contributed by atoms with Gasteiger partial charge >= 0.3 is 0 Å². The van der Waals surface area contributed by atoms with Gasteiger partial charge in [0.1, 0.15) is 0 Å². The number of carbonyl (C=O) groups is 1. The summed E-state index contributed by atoms with van der Waals surface area (Å²) in [6.45, 7) is 11.4. The molecule has 0 aromatic carbocycles. The van der Waals surface area contributed by atoms with Gasteiger partial charge in [-0.15, -0.1) is 0 Å². The lowest BCUT2D eigenvalue weighted by atomic mass is 10.3. The van der Waals surface area contributed by atoms with Crippen LogP contribution in [0.5, 0.6) is 0 Å². The average Bonchev–Trinajstić information content (AvgIpc) is 2.26. The summed E-state index contributed by atoms with van der Waals surface area (Å²) in [5.41, 5.74) is 0. The van der Waals surface area contributed by atoms with E-state index in [1.165, 1.54) is 0 Å². The van der Waals surface area contributed by atoms with E-state index in [2.05, 4.69) is 32.6 Å². The number of rotatable bonds is 2. The zero-order chi connectivity index (χ0) is 10.7. The van der Waals surface area contributed by atoms with Crippen molar-refractivity contribution in [3.8, 4) is 0 Å². The van der Waals surface area contributed by atoms with Crippen LogP contribution in [0, 0.1) is 0 Å². The fourth-order valence-electron chi connectivity index (χ4n) is 1.92. The maximum atomic E-state index is 11.7. The quantitative estimate of drug-likeness (QED) is 0.668. The molecule has 1 aliphatic heterocycles. The predicted octanol–water partition coefficient (Wildman–Crippen LogP) is 1.34. The van der Waals surface area contributed by atoms with Gasteiger partial charge in [-0.3, -0.25) is 9.69 Å². The van der Waals surface area contributed by atoms with Gasteiger partial charge in [0.25, 0.3) is 0 Å². The SMILES string of the molecule is CC(C)N1CCC(=O)N(C(C)C)CC1. The van der Waals surface area contributed by atoms with E-state index in [4.69, 9.17) is 0 Å². The Balaban J connectivity index is 2.58. The first-order valence-electron chi connectivity index (χ1n) is 5.56. The Labute approximate surface area is 87.1 Å². The summed E-state index contributed by atoms with van der Waals surface area (Å²) in [5, 5.41) is 0. The molecule has 0 aromatic rings. The normalized spacial score (nSPS) is 20.7. The van der Waals surface area contributed by atoms with Crippen molar-refractivity contribution in [2.24, 2.45) is 0 Å². The van der Waals surface area contributed by atoms with Gasteiger partial charge in [-0.2, -0.15) is 0 Å². The Bertz CT molecular complexity index is 201. The molecule has 0 bridgehead atoms. The van der Waals surface area contributed by atoms with Crippen molar-refractivity contribution in [1.82, 2.24) is 9.80 Å².